The number of carbonyl (C=O) groups excluding carboxylic acids is 1. The van der Waals surface area contributed by atoms with E-state index in [4.69, 9.17) is 5.73 Å². The van der Waals surface area contributed by atoms with Crippen molar-refractivity contribution in [1.82, 2.24) is 4.90 Å². The quantitative estimate of drug-likeness (QED) is 0.928. The summed E-state index contributed by atoms with van der Waals surface area (Å²) in [7, 11) is 1.66. The number of rotatable bonds is 3. The van der Waals surface area contributed by atoms with Crippen LogP contribution in [0.5, 0.6) is 0 Å². The third-order valence-corrected chi connectivity index (χ3v) is 3.97. The van der Waals surface area contributed by atoms with Crippen LogP contribution in [0.4, 0.5) is 0 Å². The summed E-state index contributed by atoms with van der Waals surface area (Å²) in [5, 5.41) is 0. The van der Waals surface area contributed by atoms with Crippen molar-refractivity contribution in [3.05, 3.63) is 34.3 Å². The van der Waals surface area contributed by atoms with Crippen molar-refractivity contribution in [1.29, 1.82) is 0 Å². The standard InChI is InChI=1S/C14H18BrN3O/c1-14(9-12(19)18(2)13(16)17-14)7-6-10-4-3-5-11(15)8-10/h3-5,8H,6-7,9H2,1-2H3,(H2,16,17)/t14-/m1/s1. The first-order chi connectivity index (χ1) is 8.89. The van der Waals surface area contributed by atoms with Gasteiger partial charge in [0.2, 0.25) is 5.91 Å². The van der Waals surface area contributed by atoms with Crippen molar-refractivity contribution in [2.24, 2.45) is 10.7 Å². The van der Waals surface area contributed by atoms with Gasteiger partial charge in [-0.25, -0.2) is 4.99 Å². The molecule has 4 nitrogen and oxygen atoms in total. The van der Waals surface area contributed by atoms with Crippen LogP contribution in [0, 0.1) is 0 Å². The van der Waals surface area contributed by atoms with Gasteiger partial charge in [-0.15, -0.1) is 0 Å². The average molecular weight is 324 g/mol. The number of aliphatic imine (C=N–C) groups is 1. The zero-order chi connectivity index (χ0) is 14.0. The van der Waals surface area contributed by atoms with Crippen molar-refractivity contribution in [3.63, 3.8) is 0 Å². The fraction of sp³-hybridized carbons (Fsp3) is 0.429. The molecule has 1 atom stereocenters. The molecule has 1 aromatic carbocycles. The van der Waals surface area contributed by atoms with E-state index in [9.17, 15) is 4.79 Å². The average Bonchev–Trinajstić information content (AvgIpc) is 2.34. The molecule has 0 saturated heterocycles. The van der Waals surface area contributed by atoms with E-state index in [0.717, 1.165) is 17.3 Å². The van der Waals surface area contributed by atoms with Crippen LogP contribution in [0.2, 0.25) is 0 Å². The molecule has 0 saturated carbocycles. The maximum absolute atomic E-state index is 11.8. The lowest BCUT2D eigenvalue weighted by Crippen LogP contribution is -2.48. The Bertz CT molecular complexity index is 529. The maximum Gasteiger partial charge on any atom is 0.231 e. The minimum Gasteiger partial charge on any atom is -0.369 e. The number of halogens is 1. The summed E-state index contributed by atoms with van der Waals surface area (Å²) in [6, 6.07) is 8.19. The largest absolute Gasteiger partial charge is 0.369 e. The van der Waals surface area contributed by atoms with E-state index in [-0.39, 0.29) is 5.91 Å². The number of benzene rings is 1. The van der Waals surface area contributed by atoms with Crippen molar-refractivity contribution in [3.8, 4) is 0 Å². The predicted octanol–water partition coefficient (Wildman–Crippen LogP) is 2.32. The molecular formula is C14H18BrN3O. The first-order valence-electron chi connectivity index (χ1n) is 6.26. The fourth-order valence-corrected chi connectivity index (χ4v) is 2.66. The fourth-order valence-electron chi connectivity index (χ4n) is 2.21. The minimum atomic E-state index is -0.393. The molecule has 2 N–H and O–H groups in total. The van der Waals surface area contributed by atoms with E-state index >= 15 is 0 Å². The van der Waals surface area contributed by atoms with Gasteiger partial charge in [0, 0.05) is 11.5 Å². The normalized spacial score (nSPS) is 23.4. The van der Waals surface area contributed by atoms with Crippen molar-refractivity contribution < 1.29 is 4.79 Å². The van der Waals surface area contributed by atoms with Gasteiger partial charge in [-0.1, -0.05) is 28.1 Å². The SMILES string of the molecule is CN1C(=O)C[C@@](C)(CCc2cccc(Br)c2)N=C1N. The first kappa shape index (κ1) is 14.1. The molecule has 2 rings (SSSR count). The lowest BCUT2D eigenvalue weighted by Gasteiger charge is -2.33. The molecular weight excluding hydrogens is 306 g/mol. The zero-order valence-corrected chi connectivity index (χ0v) is 12.8. The number of guanidine groups is 1. The molecule has 5 heteroatoms. The van der Waals surface area contributed by atoms with E-state index in [0.29, 0.717) is 12.4 Å². The highest BCUT2D eigenvalue weighted by Gasteiger charge is 2.34. The molecule has 1 aliphatic rings. The van der Waals surface area contributed by atoms with E-state index in [2.05, 4.69) is 33.1 Å². The van der Waals surface area contributed by atoms with Crippen LogP contribution in [0.15, 0.2) is 33.7 Å². The van der Waals surface area contributed by atoms with Crippen LogP contribution >= 0.6 is 15.9 Å². The van der Waals surface area contributed by atoms with Gasteiger partial charge in [0.1, 0.15) is 0 Å². The van der Waals surface area contributed by atoms with Crippen molar-refractivity contribution >= 4 is 27.8 Å². The molecule has 0 radical (unpaired) electrons. The van der Waals surface area contributed by atoms with Crippen LogP contribution in [-0.2, 0) is 11.2 Å². The van der Waals surface area contributed by atoms with E-state index in [1.165, 1.54) is 10.5 Å². The van der Waals surface area contributed by atoms with E-state index in [1.54, 1.807) is 7.05 Å². The summed E-state index contributed by atoms with van der Waals surface area (Å²) in [6.45, 7) is 1.99. The Morgan fingerprint density at radius 2 is 2.26 bits per heavy atom. The number of hydrogen-bond acceptors (Lipinski definition) is 3. The van der Waals surface area contributed by atoms with Crippen LogP contribution in [0.3, 0.4) is 0 Å². The van der Waals surface area contributed by atoms with Crippen LogP contribution in [0.25, 0.3) is 0 Å². The lowest BCUT2D eigenvalue weighted by atomic mass is 9.89. The summed E-state index contributed by atoms with van der Waals surface area (Å²) >= 11 is 3.46. The number of nitrogens with zero attached hydrogens (tertiary/aromatic N) is 2. The zero-order valence-electron chi connectivity index (χ0n) is 11.2. The van der Waals surface area contributed by atoms with Crippen molar-refractivity contribution in [2.75, 3.05) is 7.05 Å². The third-order valence-electron chi connectivity index (χ3n) is 3.48. The molecule has 0 spiro atoms. The number of aryl methyl sites for hydroxylation is 1. The Kier molecular flexibility index (Phi) is 3.94. The summed E-state index contributed by atoms with van der Waals surface area (Å²) in [5.74, 6) is 0.345. The molecule has 1 heterocycles. The van der Waals surface area contributed by atoms with Crippen molar-refractivity contribution in [2.45, 2.75) is 31.7 Å². The van der Waals surface area contributed by atoms with Gasteiger partial charge in [0.15, 0.2) is 5.96 Å². The molecule has 1 amide bonds. The highest BCUT2D eigenvalue weighted by atomic mass is 79.9. The van der Waals surface area contributed by atoms with Gasteiger partial charge in [-0.2, -0.15) is 0 Å². The molecule has 0 fully saturated rings. The second-order valence-electron chi connectivity index (χ2n) is 5.23. The van der Waals surface area contributed by atoms with Gasteiger partial charge in [-0.3, -0.25) is 9.69 Å². The lowest BCUT2D eigenvalue weighted by molar-refractivity contribution is -0.128. The summed E-state index contributed by atoms with van der Waals surface area (Å²) in [5.41, 5.74) is 6.62. The molecule has 1 aliphatic heterocycles. The highest BCUT2D eigenvalue weighted by Crippen LogP contribution is 2.27. The Morgan fingerprint density at radius 3 is 2.89 bits per heavy atom. The van der Waals surface area contributed by atoms with Gasteiger partial charge in [0.05, 0.1) is 12.0 Å². The molecule has 0 aliphatic carbocycles. The number of hydrogen-bond donors (Lipinski definition) is 1. The number of nitrogens with two attached hydrogens (primary N) is 1. The van der Waals surface area contributed by atoms with Gasteiger partial charge in [0.25, 0.3) is 0 Å². The van der Waals surface area contributed by atoms with E-state index < -0.39 is 5.54 Å². The molecule has 102 valence electrons. The second-order valence-corrected chi connectivity index (χ2v) is 6.14. The summed E-state index contributed by atoms with van der Waals surface area (Å²) < 4.78 is 1.07. The molecule has 19 heavy (non-hydrogen) atoms. The number of amides is 1. The smallest absolute Gasteiger partial charge is 0.231 e. The highest BCUT2D eigenvalue weighted by molar-refractivity contribution is 9.10. The topological polar surface area (TPSA) is 58.7 Å². The Morgan fingerprint density at radius 1 is 1.53 bits per heavy atom. The Hall–Kier alpha value is -1.36. The maximum atomic E-state index is 11.8. The van der Waals surface area contributed by atoms with Crippen LogP contribution in [-0.4, -0.2) is 29.4 Å². The third kappa shape index (κ3) is 3.35. The van der Waals surface area contributed by atoms with Gasteiger partial charge in [-0.05, 0) is 37.5 Å². The summed E-state index contributed by atoms with van der Waals surface area (Å²) in [6.07, 6.45) is 2.10. The van der Waals surface area contributed by atoms with Gasteiger partial charge < -0.3 is 5.73 Å². The Labute approximate surface area is 121 Å². The monoisotopic (exact) mass is 323 g/mol. The predicted molar refractivity (Wildman–Crippen MR) is 79.9 cm³/mol. The van der Waals surface area contributed by atoms with Crippen LogP contribution < -0.4 is 5.73 Å². The molecule has 0 aromatic heterocycles. The first-order valence-corrected chi connectivity index (χ1v) is 7.05. The van der Waals surface area contributed by atoms with Gasteiger partial charge >= 0.3 is 0 Å². The minimum absolute atomic E-state index is 0.0317. The molecule has 0 unspecified atom stereocenters. The Balaban J connectivity index is 2.08. The van der Waals surface area contributed by atoms with Crippen LogP contribution in [0.1, 0.15) is 25.3 Å². The molecule has 0 bridgehead atoms. The number of carbonyl (C=O) groups is 1. The van der Waals surface area contributed by atoms with E-state index in [1.807, 2.05) is 19.1 Å². The summed E-state index contributed by atoms with van der Waals surface area (Å²) in [4.78, 5) is 17.7. The second kappa shape index (κ2) is 5.33. The molecule has 1 aromatic rings.